The van der Waals surface area contributed by atoms with E-state index in [9.17, 15) is 4.79 Å². The topological polar surface area (TPSA) is 55.8 Å². The highest BCUT2D eigenvalue weighted by atomic mass is 16.5. The lowest BCUT2D eigenvalue weighted by Gasteiger charge is -2.14. The van der Waals surface area contributed by atoms with Crippen molar-refractivity contribution in [2.24, 2.45) is 5.41 Å². The monoisotopic (exact) mass is 236 g/mol. The number of carboxylic acids is 1. The van der Waals surface area contributed by atoms with Crippen LogP contribution in [-0.4, -0.2) is 24.8 Å². The molecular weight excluding hydrogens is 220 g/mol. The van der Waals surface area contributed by atoms with Gasteiger partial charge in [0.05, 0.1) is 20.1 Å². The molecule has 1 aromatic carbocycles. The van der Waals surface area contributed by atoms with Gasteiger partial charge in [-0.2, -0.15) is 0 Å². The van der Waals surface area contributed by atoms with Gasteiger partial charge in [-0.1, -0.05) is 6.07 Å². The fraction of sp³-hybridized carbons (Fsp3) is 0.462. The Bertz CT molecular complexity index is 410. The summed E-state index contributed by atoms with van der Waals surface area (Å²) in [4.78, 5) is 10.7. The van der Waals surface area contributed by atoms with E-state index in [0.717, 1.165) is 24.3 Å². The summed E-state index contributed by atoms with van der Waals surface area (Å²) in [6.07, 6.45) is 2.06. The second kappa shape index (κ2) is 4.65. The molecule has 0 saturated heterocycles. The summed E-state index contributed by atoms with van der Waals surface area (Å²) in [5.74, 6) is 0.711. The van der Waals surface area contributed by atoms with E-state index < -0.39 is 5.97 Å². The van der Waals surface area contributed by atoms with E-state index in [2.05, 4.69) is 0 Å². The molecule has 17 heavy (non-hydrogen) atoms. The van der Waals surface area contributed by atoms with E-state index in [1.54, 1.807) is 13.2 Å². The predicted molar refractivity (Wildman–Crippen MR) is 62.4 cm³/mol. The number of hydrogen-bond donors (Lipinski definition) is 1. The number of benzene rings is 1. The third-order valence-electron chi connectivity index (χ3n) is 3.07. The van der Waals surface area contributed by atoms with Crippen LogP contribution in [0.4, 0.5) is 0 Å². The molecule has 1 aromatic rings. The largest absolute Gasteiger partial charge is 0.497 e. The zero-order valence-corrected chi connectivity index (χ0v) is 9.81. The van der Waals surface area contributed by atoms with Crippen LogP contribution in [0, 0.1) is 5.41 Å². The molecule has 0 unspecified atom stereocenters. The highest BCUT2D eigenvalue weighted by Crippen LogP contribution is 2.49. The standard InChI is InChI=1S/C13H16O4/c1-16-10-3-2-4-11(7-10)17-9-13(5-6-13)8-12(14)15/h2-4,7H,5-6,8-9H2,1H3,(H,14,15). The van der Waals surface area contributed by atoms with Crippen LogP contribution in [0.5, 0.6) is 11.5 Å². The minimum absolute atomic E-state index is 0.144. The maximum atomic E-state index is 10.7. The summed E-state index contributed by atoms with van der Waals surface area (Å²) in [5, 5.41) is 8.79. The van der Waals surface area contributed by atoms with Gasteiger partial charge in [-0.25, -0.2) is 0 Å². The van der Waals surface area contributed by atoms with Crippen molar-refractivity contribution < 1.29 is 19.4 Å². The average Bonchev–Trinajstić information content (AvgIpc) is 3.06. The van der Waals surface area contributed by atoms with E-state index in [1.165, 1.54) is 0 Å². The van der Waals surface area contributed by atoms with Gasteiger partial charge in [0.25, 0.3) is 0 Å². The summed E-state index contributed by atoms with van der Waals surface area (Å²) in [5.41, 5.74) is -0.144. The molecule has 0 atom stereocenters. The first-order valence-electron chi connectivity index (χ1n) is 5.62. The van der Waals surface area contributed by atoms with Gasteiger partial charge in [0.2, 0.25) is 0 Å². The Morgan fingerprint density at radius 3 is 2.71 bits per heavy atom. The number of hydrogen-bond acceptors (Lipinski definition) is 3. The van der Waals surface area contributed by atoms with Crippen molar-refractivity contribution in [2.45, 2.75) is 19.3 Å². The van der Waals surface area contributed by atoms with Crippen LogP contribution in [0.3, 0.4) is 0 Å². The molecule has 1 fully saturated rings. The van der Waals surface area contributed by atoms with Crippen LogP contribution in [0.2, 0.25) is 0 Å². The third kappa shape index (κ3) is 3.12. The summed E-state index contributed by atoms with van der Waals surface area (Å²) in [6, 6.07) is 7.35. The van der Waals surface area contributed by atoms with Crippen molar-refractivity contribution in [1.29, 1.82) is 0 Å². The minimum atomic E-state index is -0.753. The van der Waals surface area contributed by atoms with Crippen molar-refractivity contribution in [1.82, 2.24) is 0 Å². The molecule has 1 saturated carbocycles. The van der Waals surface area contributed by atoms with Crippen LogP contribution >= 0.6 is 0 Å². The Balaban J connectivity index is 1.91. The summed E-state index contributed by atoms with van der Waals surface area (Å²) < 4.78 is 10.7. The Morgan fingerprint density at radius 1 is 1.41 bits per heavy atom. The number of ether oxygens (including phenoxy) is 2. The molecule has 1 aliphatic rings. The molecule has 0 spiro atoms. The fourth-order valence-corrected chi connectivity index (χ4v) is 1.80. The lowest BCUT2D eigenvalue weighted by molar-refractivity contribution is -0.138. The molecule has 0 heterocycles. The van der Waals surface area contributed by atoms with E-state index in [0.29, 0.717) is 6.61 Å². The van der Waals surface area contributed by atoms with Gasteiger partial charge in [0.1, 0.15) is 11.5 Å². The van der Waals surface area contributed by atoms with Crippen molar-refractivity contribution in [3.8, 4) is 11.5 Å². The van der Waals surface area contributed by atoms with E-state index in [1.807, 2.05) is 18.2 Å². The molecule has 0 aliphatic heterocycles. The van der Waals surface area contributed by atoms with Gasteiger partial charge in [-0.15, -0.1) is 0 Å². The molecule has 1 N–H and O–H groups in total. The highest BCUT2D eigenvalue weighted by molar-refractivity contribution is 5.68. The number of carbonyl (C=O) groups is 1. The average molecular weight is 236 g/mol. The van der Waals surface area contributed by atoms with Crippen LogP contribution in [0.25, 0.3) is 0 Å². The van der Waals surface area contributed by atoms with Crippen molar-refractivity contribution >= 4 is 5.97 Å². The van der Waals surface area contributed by atoms with Gasteiger partial charge >= 0.3 is 5.97 Å². The molecule has 0 radical (unpaired) electrons. The van der Waals surface area contributed by atoms with E-state index >= 15 is 0 Å². The van der Waals surface area contributed by atoms with Crippen molar-refractivity contribution in [2.75, 3.05) is 13.7 Å². The van der Waals surface area contributed by atoms with Gasteiger partial charge < -0.3 is 14.6 Å². The first-order chi connectivity index (χ1) is 8.13. The Hall–Kier alpha value is -1.71. The summed E-state index contributed by atoms with van der Waals surface area (Å²) in [6.45, 7) is 0.465. The van der Waals surface area contributed by atoms with Crippen LogP contribution in [0.15, 0.2) is 24.3 Å². The highest BCUT2D eigenvalue weighted by Gasteiger charge is 2.45. The molecule has 0 bridgehead atoms. The van der Waals surface area contributed by atoms with Gasteiger partial charge in [-0.3, -0.25) is 4.79 Å². The van der Waals surface area contributed by atoms with E-state index in [4.69, 9.17) is 14.6 Å². The fourth-order valence-electron chi connectivity index (χ4n) is 1.80. The lowest BCUT2D eigenvalue weighted by atomic mass is 10.0. The van der Waals surface area contributed by atoms with Crippen LogP contribution in [0.1, 0.15) is 19.3 Å². The molecule has 0 amide bonds. The number of aliphatic carboxylic acids is 1. The molecule has 4 nitrogen and oxygen atoms in total. The normalized spacial score (nSPS) is 16.3. The number of rotatable bonds is 6. The molecule has 2 rings (SSSR count). The molecule has 4 heteroatoms. The van der Waals surface area contributed by atoms with Gasteiger partial charge in [0.15, 0.2) is 0 Å². The summed E-state index contributed by atoms with van der Waals surface area (Å²) >= 11 is 0. The lowest BCUT2D eigenvalue weighted by Crippen LogP contribution is -2.17. The first kappa shape index (κ1) is 11.8. The zero-order chi connectivity index (χ0) is 12.3. The maximum Gasteiger partial charge on any atom is 0.304 e. The van der Waals surface area contributed by atoms with Crippen LogP contribution < -0.4 is 9.47 Å². The second-order valence-electron chi connectivity index (χ2n) is 4.54. The third-order valence-corrected chi connectivity index (χ3v) is 3.07. The van der Waals surface area contributed by atoms with E-state index in [-0.39, 0.29) is 11.8 Å². The maximum absolute atomic E-state index is 10.7. The van der Waals surface area contributed by atoms with Crippen LogP contribution in [-0.2, 0) is 4.79 Å². The summed E-state index contributed by atoms with van der Waals surface area (Å²) in [7, 11) is 1.60. The smallest absolute Gasteiger partial charge is 0.304 e. The number of methoxy groups -OCH3 is 1. The Morgan fingerprint density at radius 2 is 2.12 bits per heavy atom. The Kier molecular flexibility index (Phi) is 3.22. The Labute approximate surface area is 100 Å². The first-order valence-corrected chi connectivity index (χ1v) is 5.62. The van der Waals surface area contributed by atoms with Crippen molar-refractivity contribution in [3.05, 3.63) is 24.3 Å². The minimum Gasteiger partial charge on any atom is -0.497 e. The quantitative estimate of drug-likeness (QED) is 0.823. The molecular formula is C13H16O4. The van der Waals surface area contributed by atoms with Crippen molar-refractivity contribution in [3.63, 3.8) is 0 Å². The predicted octanol–water partition coefficient (Wildman–Crippen LogP) is 2.33. The molecule has 1 aliphatic carbocycles. The second-order valence-corrected chi connectivity index (χ2v) is 4.54. The van der Waals surface area contributed by atoms with Gasteiger partial charge in [0, 0.05) is 11.5 Å². The number of carboxylic acid groups (broad SMARTS) is 1. The van der Waals surface area contributed by atoms with Gasteiger partial charge in [-0.05, 0) is 25.0 Å². The SMILES string of the molecule is COc1cccc(OCC2(CC(=O)O)CC2)c1. The zero-order valence-electron chi connectivity index (χ0n) is 9.81. The molecule has 92 valence electrons. The molecule has 0 aromatic heterocycles.